The molecule has 0 unspecified atom stereocenters. The maximum absolute atomic E-state index is 12.7. The highest BCUT2D eigenvalue weighted by atomic mass is 16.5. The van der Waals surface area contributed by atoms with Gasteiger partial charge in [0.05, 0.1) is 32.2 Å². The summed E-state index contributed by atoms with van der Waals surface area (Å²) in [6.07, 6.45) is 1.62. The van der Waals surface area contributed by atoms with Gasteiger partial charge < -0.3 is 24.0 Å². The molecule has 32 heavy (non-hydrogen) atoms. The Morgan fingerprint density at radius 1 is 0.969 bits per heavy atom. The van der Waals surface area contributed by atoms with Gasteiger partial charge in [-0.05, 0) is 25.1 Å². The molecule has 0 amide bonds. The molecule has 0 radical (unpaired) electrons. The average molecular weight is 434 g/mol. The van der Waals surface area contributed by atoms with Gasteiger partial charge in [0, 0.05) is 43.2 Å². The summed E-state index contributed by atoms with van der Waals surface area (Å²) in [6.45, 7) is 5.82. The number of rotatable bonds is 6. The summed E-state index contributed by atoms with van der Waals surface area (Å²) < 4.78 is 16.4. The minimum atomic E-state index is -0.343. The number of methoxy groups -OCH3 is 2. The normalized spacial score (nSPS) is 16.5. The van der Waals surface area contributed by atoms with Crippen LogP contribution in [0.4, 0.5) is 11.4 Å². The Morgan fingerprint density at radius 2 is 1.66 bits per heavy atom. The van der Waals surface area contributed by atoms with E-state index in [0.29, 0.717) is 17.9 Å². The van der Waals surface area contributed by atoms with Gasteiger partial charge in [-0.1, -0.05) is 24.3 Å². The second kappa shape index (κ2) is 7.89. The summed E-state index contributed by atoms with van der Waals surface area (Å²) in [5.74, 6) is 1.25. The SMILES string of the molecule is CCOC(=O)c1cnc2c(OC)cccc2c1N1CC2(CN(c3ccccc3OC)C2)C1. The molecule has 2 aromatic carbocycles. The Kier molecular flexibility index (Phi) is 5.04. The number of benzene rings is 2. The Bertz CT molecular complexity index is 1170. The van der Waals surface area contributed by atoms with E-state index in [2.05, 4.69) is 20.9 Å². The molecule has 7 heteroatoms. The minimum absolute atomic E-state index is 0.210. The van der Waals surface area contributed by atoms with Gasteiger partial charge in [-0.2, -0.15) is 0 Å². The third-order valence-corrected chi connectivity index (χ3v) is 6.39. The molecule has 3 heterocycles. The van der Waals surface area contributed by atoms with Crippen molar-refractivity contribution >= 4 is 28.2 Å². The summed E-state index contributed by atoms with van der Waals surface area (Å²) in [5.41, 5.74) is 3.48. The molecule has 1 spiro atoms. The maximum Gasteiger partial charge on any atom is 0.341 e. The number of para-hydroxylation sites is 3. The van der Waals surface area contributed by atoms with E-state index < -0.39 is 0 Å². The lowest BCUT2D eigenvalue weighted by atomic mass is 9.72. The highest BCUT2D eigenvalue weighted by Crippen LogP contribution is 2.48. The van der Waals surface area contributed by atoms with Crippen molar-refractivity contribution in [2.75, 3.05) is 56.8 Å². The fourth-order valence-corrected chi connectivity index (χ4v) is 4.99. The Labute approximate surface area is 187 Å². The van der Waals surface area contributed by atoms with Crippen LogP contribution in [-0.2, 0) is 4.74 Å². The van der Waals surface area contributed by atoms with E-state index in [1.165, 1.54) is 0 Å². The molecule has 2 aliphatic rings. The van der Waals surface area contributed by atoms with E-state index in [1.54, 1.807) is 20.4 Å². The Balaban J connectivity index is 1.42. The lowest BCUT2D eigenvalue weighted by molar-refractivity contribution is 0.0525. The molecular formula is C25H27N3O4. The van der Waals surface area contributed by atoms with Crippen molar-refractivity contribution < 1.29 is 19.0 Å². The smallest absolute Gasteiger partial charge is 0.341 e. The number of ether oxygens (including phenoxy) is 3. The molecule has 3 aromatic rings. The van der Waals surface area contributed by atoms with Crippen molar-refractivity contribution in [2.24, 2.45) is 5.41 Å². The first kappa shape index (κ1) is 20.4. The zero-order valence-electron chi connectivity index (χ0n) is 18.6. The predicted molar refractivity (Wildman–Crippen MR) is 124 cm³/mol. The van der Waals surface area contributed by atoms with Gasteiger partial charge in [-0.3, -0.25) is 4.98 Å². The maximum atomic E-state index is 12.7. The van der Waals surface area contributed by atoms with E-state index in [9.17, 15) is 4.79 Å². The molecule has 2 fully saturated rings. The number of aromatic nitrogens is 1. The van der Waals surface area contributed by atoms with E-state index in [1.807, 2.05) is 43.3 Å². The average Bonchev–Trinajstić information content (AvgIpc) is 2.77. The molecule has 166 valence electrons. The molecule has 2 saturated heterocycles. The fourth-order valence-electron chi connectivity index (χ4n) is 4.99. The first-order chi connectivity index (χ1) is 15.6. The van der Waals surface area contributed by atoms with Crippen LogP contribution >= 0.6 is 0 Å². The summed E-state index contributed by atoms with van der Waals surface area (Å²) in [4.78, 5) is 21.9. The standard InChI is InChI=1S/C25H27N3O4/c1-4-32-24(29)18-12-26-22-17(8-7-11-21(22)31-3)23(18)28-15-25(16-28)13-27(14-25)19-9-5-6-10-20(19)30-2/h5-12H,4,13-16H2,1-3H3. The molecule has 0 atom stereocenters. The molecule has 0 saturated carbocycles. The van der Waals surface area contributed by atoms with Gasteiger partial charge in [0.15, 0.2) is 0 Å². The second-order valence-corrected chi connectivity index (χ2v) is 8.48. The molecule has 0 bridgehead atoms. The van der Waals surface area contributed by atoms with E-state index >= 15 is 0 Å². The van der Waals surface area contributed by atoms with Crippen LogP contribution in [-0.4, -0.2) is 58.0 Å². The zero-order valence-corrected chi connectivity index (χ0v) is 18.6. The van der Waals surface area contributed by atoms with Crippen molar-refractivity contribution in [3.63, 3.8) is 0 Å². The van der Waals surface area contributed by atoms with Crippen LogP contribution in [0.3, 0.4) is 0 Å². The van der Waals surface area contributed by atoms with E-state index in [4.69, 9.17) is 14.2 Å². The van der Waals surface area contributed by atoms with Gasteiger partial charge >= 0.3 is 5.97 Å². The van der Waals surface area contributed by atoms with Crippen LogP contribution in [0.25, 0.3) is 10.9 Å². The summed E-state index contributed by atoms with van der Waals surface area (Å²) in [6, 6.07) is 13.9. The van der Waals surface area contributed by atoms with Crippen LogP contribution in [0.2, 0.25) is 0 Å². The van der Waals surface area contributed by atoms with Gasteiger partial charge in [-0.15, -0.1) is 0 Å². The van der Waals surface area contributed by atoms with Gasteiger partial charge in [0.1, 0.15) is 22.6 Å². The van der Waals surface area contributed by atoms with Crippen molar-refractivity contribution in [3.8, 4) is 11.5 Å². The highest BCUT2D eigenvalue weighted by molar-refractivity contribution is 6.06. The van der Waals surface area contributed by atoms with Gasteiger partial charge in [0.25, 0.3) is 0 Å². The van der Waals surface area contributed by atoms with E-state index in [0.717, 1.165) is 54.2 Å². The lowest BCUT2D eigenvalue weighted by Gasteiger charge is -2.62. The fraction of sp³-hybridized carbons (Fsp3) is 0.360. The van der Waals surface area contributed by atoms with Crippen LogP contribution in [0, 0.1) is 5.41 Å². The number of hydrogen-bond acceptors (Lipinski definition) is 7. The summed E-state index contributed by atoms with van der Waals surface area (Å²) in [7, 11) is 3.34. The first-order valence-corrected chi connectivity index (χ1v) is 10.8. The number of carbonyl (C=O) groups excluding carboxylic acids is 1. The summed E-state index contributed by atoms with van der Waals surface area (Å²) in [5, 5.41) is 0.908. The van der Waals surface area contributed by atoms with E-state index in [-0.39, 0.29) is 11.4 Å². The molecule has 1 aromatic heterocycles. The number of pyridine rings is 1. The second-order valence-electron chi connectivity index (χ2n) is 8.48. The van der Waals surface area contributed by atoms with Crippen molar-refractivity contribution in [1.29, 1.82) is 0 Å². The molecular weight excluding hydrogens is 406 g/mol. The molecule has 5 rings (SSSR count). The monoisotopic (exact) mass is 433 g/mol. The van der Waals surface area contributed by atoms with Crippen molar-refractivity contribution in [2.45, 2.75) is 6.92 Å². The number of anilines is 2. The molecule has 0 aliphatic carbocycles. The number of fused-ring (bicyclic) bond motifs is 1. The number of carbonyl (C=O) groups is 1. The summed E-state index contributed by atoms with van der Waals surface area (Å²) >= 11 is 0. The van der Waals surface area contributed by atoms with Gasteiger partial charge in [-0.25, -0.2) is 4.79 Å². The first-order valence-electron chi connectivity index (χ1n) is 10.8. The van der Waals surface area contributed by atoms with Gasteiger partial charge in [0.2, 0.25) is 0 Å². The molecule has 2 aliphatic heterocycles. The van der Waals surface area contributed by atoms with Crippen LogP contribution in [0.15, 0.2) is 48.7 Å². The van der Waals surface area contributed by atoms with Crippen LogP contribution < -0.4 is 19.3 Å². The number of hydrogen-bond donors (Lipinski definition) is 0. The Hall–Kier alpha value is -3.48. The highest BCUT2D eigenvalue weighted by Gasteiger charge is 2.53. The molecule has 0 N–H and O–H groups in total. The minimum Gasteiger partial charge on any atom is -0.495 e. The lowest BCUT2D eigenvalue weighted by Crippen LogP contribution is -2.72. The van der Waals surface area contributed by atoms with Crippen molar-refractivity contribution in [1.82, 2.24) is 4.98 Å². The third-order valence-electron chi connectivity index (χ3n) is 6.39. The quantitative estimate of drug-likeness (QED) is 0.549. The predicted octanol–water partition coefficient (Wildman–Crippen LogP) is 3.76. The topological polar surface area (TPSA) is 64.1 Å². The largest absolute Gasteiger partial charge is 0.495 e. The van der Waals surface area contributed by atoms with Crippen LogP contribution in [0.1, 0.15) is 17.3 Å². The third kappa shape index (κ3) is 3.20. The zero-order chi connectivity index (χ0) is 22.3. The number of nitrogens with zero attached hydrogens (tertiary/aromatic N) is 3. The number of esters is 1. The van der Waals surface area contributed by atoms with Crippen LogP contribution in [0.5, 0.6) is 11.5 Å². The molecule has 7 nitrogen and oxygen atoms in total. The van der Waals surface area contributed by atoms with Crippen molar-refractivity contribution in [3.05, 3.63) is 54.2 Å². The Morgan fingerprint density at radius 3 is 2.38 bits per heavy atom.